The highest BCUT2D eigenvalue weighted by Crippen LogP contribution is 2.30. The maximum Gasteiger partial charge on any atom is 0.259 e. The van der Waals surface area contributed by atoms with E-state index in [4.69, 9.17) is 4.52 Å². The van der Waals surface area contributed by atoms with Crippen LogP contribution in [-0.4, -0.2) is 33.3 Å². The molecular formula is C13H16N4O2. The number of aromatic nitrogens is 3. The minimum absolute atomic E-state index is 0.306. The van der Waals surface area contributed by atoms with Gasteiger partial charge in [-0.05, 0) is 44.5 Å². The molecule has 100 valence electrons. The highest BCUT2D eigenvalue weighted by molar-refractivity contribution is 5.58. The molecule has 0 bridgehead atoms. The van der Waals surface area contributed by atoms with Crippen LogP contribution in [0, 0.1) is 6.92 Å². The first-order valence-electron chi connectivity index (χ1n) is 6.37. The summed E-state index contributed by atoms with van der Waals surface area (Å²) in [5, 5.41) is 17.7. The van der Waals surface area contributed by atoms with Crippen molar-refractivity contribution in [3.63, 3.8) is 0 Å². The van der Waals surface area contributed by atoms with Gasteiger partial charge in [-0.25, -0.2) is 0 Å². The summed E-state index contributed by atoms with van der Waals surface area (Å²) >= 11 is 0. The van der Waals surface area contributed by atoms with Crippen molar-refractivity contribution in [3.05, 3.63) is 29.9 Å². The molecule has 1 fully saturated rings. The van der Waals surface area contributed by atoms with Crippen LogP contribution in [0.15, 0.2) is 23.0 Å². The number of hydrogen-bond acceptors (Lipinski definition) is 6. The van der Waals surface area contributed by atoms with Crippen LogP contribution in [0.1, 0.15) is 24.3 Å². The molecule has 3 rings (SSSR count). The molecule has 0 saturated carbocycles. The second-order valence-corrected chi connectivity index (χ2v) is 4.90. The molecule has 0 spiro atoms. The molecule has 0 aromatic carbocycles. The Balaban J connectivity index is 1.93. The van der Waals surface area contributed by atoms with Crippen LogP contribution in [0.5, 0.6) is 0 Å². The van der Waals surface area contributed by atoms with Gasteiger partial charge in [-0.2, -0.15) is 4.98 Å². The summed E-state index contributed by atoms with van der Waals surface area (Å²) in [6, 6.07) is 1.84. The highest BCUT2D eigenvalue weighted by Gasteiger charge is 2.37. The number of nitrogens with one attached hydrogen (secondary N) is 1. The van der Waals surface area contributed by atoms with Crippen molar-refractivity contribution in [3.8, 4) is 11.4 Å². The summed E-state index contributed by atoms with van der Waals surface area (Å²) in [6.45, 7) is 3.45. The molecule has 1 aliphatic heterocycles. The molecule has 2 aromatic rings. The van der Waals surface area contributed by atoms with E-state index in [1.165, 1.54) is 0 Å². The smallest absolute Gasteiger partial charge is 0.259 e. The molecule has 6 nitrogen and oxygen atoms in total. The van der Waals surface area contributed by atoms with E-state index in [1.54, 1.807) is 12.4 Å². The van der Waals surface area contributed by atoms with Crippen LogP contribution in [0.3, 0.4) is 0 Å². The molecule has 1 aliphatic rings. The number of rotatable bonds is 2. The second kappa shape index (κ2) is 4.71. The summed E-state index contributed by atoms with van der Waals surface area (Å²) in [6.07, 6.45) is 4.62. The van der Waals surface area contributed by atoms with Gasteiger partial charge in [0.1, 0.15) is 5.60 Å². The summed E-state index contributed by atoms with van der Waals surface area (Å²) in [5.74, 6) is 0.807. The van der Waals surface area contributed by atoms with Crippen molar-refractivity contribution >= 4 is 0 Å². The number of piperidine rings is 1. The van der Waals surface area contributed by atoms with Gasteiger partial charge in [-0.1, -0.05) is 5.16 Å². The number of hydrogen-bond donors (Lipinski definition) is 2. The fraction of sp³-hybridized carbons (Fsp3) is 0.462. The van der Waals surface area contributed by atoms with E-state index in [0.717, 1.165) is 24.2 Å². The van der Waals surface area contributed by atoms with Gasteiger partial charge < -0.3 is 14.9 Å². The van der Waals surface area contributed by atoms with Gasteiger partial charge in [0.25, 0.3) is 5.89 Å². The number of nitrogens with zero attached hydrogens (tertiary/aromatic N) is 3. The third-order valence-electron chi connectivity index (χ3n) is 3.52. The summed E-state index contributed by atoms with van der Waals surface area (Å²) in [7, 11) is 0. The fourth-order valence-electron chi connectivity index (χ4n) is 2.30. The zero-order chi connectivity index (χ0) is 13.3. The Bertz CT molecular complexity index is 576. The zero-order valence-corrected chi connectivity index (χ0v) is 10.8. The lowest BCUT2D eigenvalue weighted by atomic mass is 9.92. The van der Waals surface area contributed by atoms with Crippen molar-refractivity contribution in [2.24, 2.45) is 0 Å². The van der Waals surface area contributed by atoms with Crippen LogP contribution >= 0.6 is 0 Å². The monoisotopic (exact) mass is 260 g/mol. The van der Waals surface area contributed by atoms with Gasteiger partial charge >= 0.3 is 0 Å². The zero-order valence-electron chi connectivity index (χ0n) is 10.8. The minimum atomic E-state index is -1.00. The lowest BCUT2D eigenvalue weighted by Crippen LogP contribution is -2.39. The molecule has 1 saturated heterocycles. The maximum absolute atomic E-state index is 10.5. The molecule has 0 aliphatic carbocycles. The number of aryl methyl sites for hydroxylation is 1. The van der Waals surface area contributed by atoms with E-state index in [0.29, 0.717) is 24.6 Å². The molecule has 0 unspecified atom stereocenters. The predicted octanol–water partition coefficient (Wildman–Crippen LogP) is 1.01. The van der Waals surface area contributed by atoms with Crippen LogP contribution in [0.2, 0.25) is 0 Å². The highest BCUT2D eigenvalue weighted by atomic mass is 16.5. The Kier molecular flexibility index (Phi) is 3.04. The predicted molar refractivity (Wildman–Crippen MR) is 68.3 cm³/mol. The SMILES string of the molecule is Cc1cnccc1-c1noc(C2(O)CCNCC2)n1. The van der Waals surface area contributed by atoms with Crippen LogP contribution in [0.4, 0.5) is 0 Å². The Morgan fingerprint density at radius 2 is 2.16 bits per heavy atom. The quantitative estimate of drug-likeness (QED) is 0.838. The standard InChI is InChI=1S/C13H16N4O2/c1-9-8-15-5-2-10(9)11-16-12(19-17-11)13(18)3-6-14-7-4-13/h2,5,8,14,18H,3-4,6-7H2,1H3. The van der Waals surface area contributed by atoms with Gasteiger partial charge in [0.05, 0.1) is 0 Å². The van der Waals surface area contributed by atoms with E-state index >= 15 is 0 Å². The molecule has 0 amide bonds. The average molecular weight is 260 g/mol. The van der Waals surface area contributed by atoms with Crippen molar-refractivity contribution in [1.29, 1.82) is 0 Å². The fourth-order valence-corrected chi connectivity index (χ4v) is 2.30. The molecular weight excluding hydrogens is 244 g/mol. The first-order chi connectivity index (χ1) is 9.19. The van der Waals surface area contributed by atoms with Gasteiger partial charge in [0, 0.05) is 18.0 Å². The molecule has 6 heteroatoms. The van der Waals surface area contributed by atoms with E-state index in [2.05, 4.69) is 20.4 Å². The van der Waals surface area contributed by atoms with E-state index in [-0.39, 0.29) is 0 Å². The van der Waals surface area contributed by atoms with Crippen molar-refractivity contribution in [1.82, 2.24) is 20.4 Å². The normalized spacial score (nSPS) is 18.4. The van der Waals surface area contributed by atoms with Gasteiger partial charge in [0.2, 0.25) is 5.82 Å². The number of aliphatic hydroxyl groups is 1. The molecule has 0 radical (unpaired) electrons. The van der Waals surface area contributed by atoms with Gasteiger partial charge in [-0.3, -0.25) is 4.98 Å². The third kappa shape index (κ3) is 2.24. The van der Waals surface area contributed by atoms with Crippen molar-refractivity contribution in [2.45, 2.75) is 25.4 Å². The largest absolute Gasteiger partial charge is 0.380 e. The Morgan fingerprint density at radius 3 is 2.89 bits per heavy atom. The topological polar surface area (TPSA) is 84.1 Å². The second-order valence-electron chi connectivity index (χ2n) is 4.90. The Labute approximate surface area is 110 Å². The minimum Gasteiger partial charge on any atom is -0.380 e. The van der Waals surface area contributed by atoms with E-state index in [9.17, 15) is 5.11 Å². The maximum atomic E-state index is 10.5. The molecule has 3 heterocycles. The van der Waals surface area contributed by atoms with Gasteiger partial charge in [0.15, 0.2) is 0 Å². The molecule has 19 heavy (non-hydrogen) atoms. The lowest BCUT2D eigenvalue weighted by molar-refractivity contribution is -0.0228. The van der Waals surface area contributed by atoms with Crippen LogP contribution < -0.4 is 5.32 Å². The first kappa shape index (κ1) is 12.3. The molecule has 2 N–H and O–H groups in total. The van der Waals surface area contributed by atoms with Crippen LogP contribution in [0.25, 0.3) is 11.4 Å². The third-order valence-corrected chi connectivity index (χ3v) is 3.52. The number of pyridine rings is 1. The van der Waals surface area contributed by atoms with Crippen LogP contribution in [-0.2, 0) is 5.60 Å². The summed E-state index contributed by atoms with van der Waals surface area (Å²) in [4.78, 5) is 8.39. The summed E-state index contributed by atoms with van der Waals surface area (Å²) < 4.78 is 5.26. The summed E-state index contributed by atoms with van der Waals surface area (Å²) in [5.41, 5.74) is 0.854. The van der Waals surface area contributed by atoms with Gasteiger partial charge in [-0.15, -0.1) is 0 Å². The molecule has 0 atom stereocenters. The Hall–Kier alpha value is -1.79. The van der Waals surface area contributed by atoms with E-state index in [1.807, 2.05) is 13.0 Å². The van der Waals surface area contributed by atoms with Crippen molar-refractivity contribution in [2.75, 3.05) is 13.1 Å². The first-order valence-corrected chi connectivity index (χ1v) is 6.37. The Morgan fingerprint density at radius 1 is 1.37 bits per heavy atom. The molecule has 2 aromatic heterocycles. The van der Waals surface area contributed by atoms with Crippen molar-refractivity contribution < 1.29 is 9.63 Å². The average Bonchev–Trinajstić information content (AvgIpc) is 2.90. The van der Waals surface area contributed by atoms with E-state index < -0.39 is 5.60 Å². The lowest BCUT2D eigenvalue weighted by Gasteiger charge is -2.28.